The molecule has 0 spiro atoms. The fourth-order valence-electron chi connectivity index (χ4n) is 22.3. The number of fused-ring (bicyclic) bond motifs is 13. The maximum absolute atomic E-state index is 2.93. The summed E-state index contributed by atoms with van der Waals surface area (Å²) in [6.07, 6.45) is 14.1. The summed E-state index contributed by atoms with van der Waals surface area (Å²) in [6, 6.07) is 51.3. The van der Waals surface area contributed by atoms with E-state index >= 15 is 0 Å². The zero-order valence-corrected chi connectivity index (χ0v) is 63.0. The third-order valence-corrected chi connectivity index (χ3v) is 29.3. The van der Waals surface area contributed by atoms with E-state index in [9.17, 15) is 0 Å². The van der Waals surface area contributed by atoms with E-state index in [4.69, 9.17) is 0 Å². The molecule has 1 fully saturated rings. The van der Waals surface area contributed by atoms with Crippen LogP contribution in [0.3, 0.4) is 0 Å². The molecule has 3 aliphatic heterocycles. The molecule has 0 radical (unpaired) electrons. The van der Waals surface area contributed by atoms with Crippen molar-refractivity contribution in [1.82, 2.24) is 0 Å². The van der Waals surface area contributed by atoms with Gasteiger partial charge in [-0.3, -0.25) is 0 Å². The average molecular weight is 1270 g/mol. The lowest BCUT2D eigenvalue weighted by Crippen LogP contribution is -2.56. The van der Waals surface area contributed by atoms with Crippen LogP contribution in [0.5, 0.6) is 0 Å². The Morgan fingerprint density at radius 3 is 1.10 bits per heavy atom. The summed E-state index contributed by atoms with van der Waals surface area (Å²) in [5, 5.41) is 0. The van der Waals surface area contributed by atoms with Crippen molar-refractivity contribution in [3.8, 4) is 11.1 Å². The lowest BCUT2D eigenvalue weighted by Gasteiger charge is -2.52. The number of allylic oxidation sites excluding steroid dienone is 2. The first-order valence-corrected chi connectivity index (χ1v) is 37.8. The zero-order chi connectivity index (χ0) is 67.9. The van der Waals surface area contributed by atoms with Gasteiger partial charge < -0.3 is 14.7 Å². The van der Waals surface area contributed by atoms with Crippen LogP contribution in [0.25, 0.3) is 22.5 Å². The zero-order valence-electron chi connectivity index (χ0n) is 63.0. The molecule has 496 valence electrons. The third-order valence-electron chi connectivity index (χ3n) is 29.3. The number of hydrogen-bond donors (Lipinski definition) is 0. The van der Waals surface area contributed by atoms with Gasteiger partial charge in [0, 0.05) is 72.9 Å². The summed E-state index contributed by atoms with van der Waals surface area (Å²) in [5.41, 5.74) is 37.0. The van der Waals surface area contributed by atoms with Crippen molar-refractivity contribution >= 4 is 57.7 Å². The summed E-state index contributed by atoms with van der Waals surface area (Å²) in [4.78, 5) is 8.78. The summed E-state index contributed by atoms with van der Waals surface area (Å²) >= 11 is 0. The van der Waals surface area contributed by atoms with Gasteiger partial charge in [-0.2, -0.15) is 0 Å². The van der Waals surface area contributed by atoms with Gasteiger partial charge in [0.05, 0.1) is 5.54 Å². The van der Waals surface area contributed by atoms with Gasteiger partial charge in [-0.25, -0.2) is 0 Å². The Kier molecular flexibility index (Phi) is 12.6. The smallest absolute Gasteiger partial charge is 0.245 e. The molecule has 17 rings (SSSR count). The molecular formula is C92H110BN3. The molecule has 7 aromatic carbocycles. The van der Waals surface area contributed by atoms with Crippen LogP contribution >= 0.6 is 0 Å². The van der Waals surface area contributed by atoms with Crippen molar-refractivity contribution < 1.29 is 0 Å². The second-order valence-corrected chi connectivity index (χ2v) is 39.4. The van der Waals surface area contributed by atoms with Crippen molar-refractivity contribution in [2.24, 2.45) is 0 Å². The van der Waals surface area contributed by atoms with E-state index in [-0.39, 0.29) is 71.8 Å². The lowest BCUT2D eigenvalue weighted by molar-refractivity contribution is 0.195. The molecule has 0 saturated heterocycles. The van der Waals surface area contributed by atoms with Crippen molar-refractivity contribution in [3.63, 3.8) is 0 Å². The molecule has 3 nitrogen and oxygen atoms in total. The van der Waals surface area contributed by atoms with Gasteiger partial charge in [-0.15, -0.1) is 0 Å². The highest BCUT2D eigenvalue weighted by Crippen LogP contribution is 2.68. The SMILES string of the molecule is CC1(C)CCC(C)(C)c2cc(N3C4=C(B5C6=C(c7cc8c(cc7C6(C)C)C(C)(C)CCC8(C)C)N(c6ccc7c(c6)C(C)(C)CCC7(C)C)c6cc(N7c8ccc(-c9ccccc9)cc8C8(C)CCCCC78C)cc3c65)C(C)(C)c3cc5c(cc34)C(C)(C)CCC5(C)C)ccc21. The maximum atomic E-state index is 2.93. The van der Waals surface area contributed by atoms with Crippen LogP contribution in [-0.2, 0) is 59.6 Å². The summed E-state index contributed by atoms with van der Waals surface area (Å²) in [5.74, 6) is 0. The standard InChI is InChI=1S/C92H110BN3/c1-81(2)38-40-83(5,6)66-47-57(31-33-62(66)81)94-74-49-59(96-73-35-30-56(55-28-24-23-25-29-55)46-72(73)91(21)36-26-27-37-92(91,96)22)50-75-76(74)93(79-77(94)60-51-68-70(53-64(60)89(79,17)18)87(13,14)44-42-85(68,9)10)80-78(95(75)58-32-34-63-67(48-58)84(7,8)41-39-82(63,3)4)61-52-69-71(54-65(61)90(80,19)20)88(15,16)45-43-86(69,11)12/h23-25,28-35,46-54H,26-27,36-45H2,1-22H3. The highest BCUT2D eigenvalue weighted by Gasteiger charge is 2.62. The molecule has 0 N–H and O–H groups in total. The number of rotatable bonds is 4. The molecule has 4 heteroatoms. The Morgan fingerprint density at radius 1 is 0.292 bits per heavy atom. The Balaban J connectivity index is 1.05. The highest BCUT2D eigenvalue weighted by atomic mass is 15.3. The van der Waals surface area contributed by atoms with Crippen LogP contribution in [0.2, 0.25) is 0 Å². The highest BCUT2D eigenvalue weighted by molar-refractivity contribution is 6.92. The first-order chi connectivity index (χ1) is 44.8. The molecule has 2 unspecified atom stereocenters. The second kappa shape index (κ2) is 19.3. The minimum absolute atomic E-state index is 0.00431. The summed E-state index contributed by atoms with van der Waals surface area (Å²) < 4.78 is 0. The minimum Gasteiger partial charge on any atom is -0.334 e. The molecule has 10 aliphatic rings. The molecule has 7 aromatic rings. The van der Waals surface area contributed by atoms with E-state index < -0.39 is 0 Å². The Labute approximate surface area is 579 Å². The van der Waals surface area contributed by atoms with Gasteiger partial charge >= 0.3 is 0 Å². The van der Waals surface area contributed by atoms with E-state index in [2.05, 4.69) is 288 Å². The normalized spacial score (nSPS) is 26.5. The summed E-state index contributed by atoms with van der Waals surface area (Å²) in [7, 11) is 0. The molecule has 0 bridgehead atoms. The molecule has 7 aliphatic carbocycles. The van der Waals surface area contributed by atoms with E-state index in [1.54, 1.807) is 33.2 Å². The van der Waals surface area contributed by atoms with Crippen LogP contribution in [0.1, 0.15) is 302 Å². The van der Waals surface area contributed by atoms with Crippen molar-refractivity contribution in [3.05, 3.63) is 205 Å². The monoisotopic (exact) mass is 1270 g/mol. The quantitative estimate of drug-likeness (QED) is 0.163. The first kappa shape index (κ1) is 63.0. The van der Waals surface area contributed by atoms with Crippen LogP contribution in [0, 0.1) is 0 Å². The Hall–Kier alpha value is -6.52. The number of hydrogen-bond acceptors (Lipinski definition) is 3. The predicted octanol–water partition coefficient (Wildman–Crippen LogP) is 24.0. The number of anilines is 6. The van der Waals surface area contributed by atoms with Crippen LogP contribution in [0.15, 0.2) is 132 Å². The van der Waals surface area contributed by atoms with Crippen molar-refractivity contribution in [1.29, 1.82) is 0 Å². The molecule has 0 amide bonds. The molecule has 0 aromatic heterocycles. The Bertz CT molecular complexity index is 4430. The molecule has 1 saturated carbocycles. The minimum atomic E-state index is -0.346. The Morgan fingerprint density at radius 2 is 0.677 bits per heavy atom. The molecule has 3 heterocycles. The van der Waals surface area contributed by atoms with Gasteiger partial charge in [0.25, 0.3) is 0 Å². The summed E-state index contributed by atoms with van der Waals surface area (Å²) in [6.45, 7) is 56.5. The first-order valence-electron chi connectivity index (χ1n) is 37.8. The fraction of sp³-hybridized carbons (Fsp3) is 0.500. The third kappa shape index (κ3) is 8.20. The van der Waals surface area contributed by atoms with Crippen molar-refractivity contribution in [2.75, 3.05) is 14.7 Å². The van der Waals surface area contributed by atoms with E-state index in [1.807, 2.05) is 0 Å². The molecular weight excluding hydrogens is 1160 g/mol. The van der Waals surface area contributed by atoms with Gasteiger partial charge in [-0.05, 0) is 253 Å². The van der Waals surface area contributed by atoms with Crippen LogP contribution < -0.4 is 20.2 Å². The van der Waals surface area contributed by atoms with Crippen LogP contribution in [0.4, 0.5) is 34.1 Å². The van der Waals surface area contributed by atoms with Crippen molar-refractivity contribution in [2.45, 2.75) is 294 Å². The molecule has 96 heavy (non-hydrogen) atoms. The van der Waals surface area contributed by atoms with Gasteiger partial charge in [0.1, 0.15) is 0 Å². The predicted molar refractivity (Wildman–Crippen MR) is 411 cm³/mol. The number of benzene rings is 7. The topological polar surface area (TPSA) is 9.72 Å². The van der Waals surface area contributed by atoms with E-state index in [0.717, 1.165) is 25.7 Å². The fourth-order valence-corrected chi connectivity index (χ4v) is 22.3. The van der Waals surface area contributed by atoms with Gasteiger partial charge in [0.2, 0.25) is 6.71 Å². The maximum Gasteiger partial charge on any atom is 0.245 e. The van der Waals surface area contributed by atoms with Gasteiger partial charge in [-0.1, -0.05) is 230 Å². The van der Waals surface area contributed by atoms with Crippen LogP contribution in [-0.4, -0.2) is 12.3 Å². The molecule has 2 atom stereocenters. The number of nitrogens with zero attached hydrogens (tertiary/aromatic N) is 3. The van der Waals surface area contributed by atoms with E-state index in [1.165, 1.54) is 164 Å². The largest absolute Gasteiger partial charge is 0.334 e. The lowest BCUT2D eigenvalue weighted by atomic mass is 9.27. The van der Waals surface area contributed by atoms with E-state index in [0.29, 0.717) is 0 Å². The average Bonchev–Trinajstić information content (AvgIpc) is 1.48. The second-order valence-electron chi connectivity index (χ2n) is 39.4. The van der Waals surface area contributed by atoms with Gasteiger partial charge in [0.15, 0.2) is 0 Å².